The summed E-state index contributed by atoms with van der Waals surface area (Å²) in [5, 5.41) is 5.57. The van der Waals surface area contributed by atoms with Gasteiger partial charge in [-0.15, -0.1) is 11.8 Å². The molecule has 0 fully saturated rings. The van der Waals surface area contributed by atoms with Gasteiger partial charge < -0.3 is 15.4 Å². The van der Waals surface area contributed by atoms with Gasteiger partial charge in [0.1, 0.15) is 11.1 Å². The van der Waals surface area contributed by atoms with Crippen LogP contribution in [0.3, 0.4) is 0 Å². The second-order valence-electron chi connectivity index (χ2n) is 4.32. The van der Waals surface area contributed by atoms with E-state index in [1.165, 1.54) is 11.8 Å². The van der Waals surface area contributed by atoms with E-state index in [4.69, 9.17) is 4.74 Å². The summed E-state index contributed by atoms with van der Waals surface area (Å²) in [6.07, 6.45) is 3.36. The molecule has 1 heterocycles. The molecule has 0 aliphatic rings. The Bertz CT molecular complexity index is 551. The van der Waals surface area contributed by atoms with E-state index in [2.05, 4.69) is 15.6 Å². The number of likely N-dealkylation sites (N-methyl/N-ethyl adjacent to an activating group) is 1. The molecule has 0 aromatic carbocycles. The standard InChI is InChI=1S/C14H19N3O4S/c1-4-15-12(19)9(2)17-11(18)8-21-14(20)10-6-5-7-16-13(10)22-3/h5-7,9H,4,8H2,1-3H3,(H,15,19)(H,17,18)/t9-/m0/s1. The summed E-state index contributed by atoms with van der Waals surface area (Å²) in [6.45, 7) is 3.36. The lowest BCUT2D eigenvalue weighted by molar-refractivity contribution is -0.130. The van der Waals surface area contributed by atoms with Gasteiger partial charge in [0, 0.05) is 12.7 Å². The number of nitrogens with one attached hydrogen (secondary N) is 2. The van der Waals surface area contributed by atoms with Crippen molar-refractivity contribution in [3.05, 3.63) is 23.9 Å². The molecule has 0 aliphatic heterocycles. The predicted octanol–water partition coefficient (Wildman–Crippen LogP) is 0.601. The van der Waals surface area contributed by atoms with Crippen molar-refractivity contribution in [1.29, 1.82) is 0 Å². The average molecular weight is 325 g/mol. The zero-order chi connectivity index (χ0) is 16.5. The van der Waals surface area contributed by atoms with Crippen molar-refractivity contribution in [2.45, 2.75) is 24.9 Å². The summed E-state index contributed by atoms with van der Waals surface area (Å²) in [5.74, 6) is -1.46. The van der Waals surface area contributed by atoms with Gasteiger partial charge in [0.25, 0.3) is 5.91 Å². The first-order valence-corrected chi connectivity index (χ1v) is 7.95. The fourth-order valence-corrected chi connectivity index (χ4v) is 2.13. The average Bonchev–Trinajstić information content (AvgIpc) is 2.52. The first kappa shape index (κ1) is 18.0. The monoisotopic (exact) mass is 325 g/mol. The number of ether oxygens (including phenoxy) is 1. The molecular formula is C14H19N3O4S. The largest absolute Gasteiger partial charge is 0.452 e. The highest BCUT2D eigenvalue weighted by Crippen LogP contribution is 2.17. The van der Waals surface area contributed by atoms with Gasteiger partial charge in [0.2, 0.25) is 5.91 Å². The maximum atomic E-state index is 11.9. The van der Waals surface area contributed by atoms with Gasteiger partial charge in [0.05, 0.1) is 5.56 Å². The highest BCUT2D eigenvalue weighted by Gasteiger charge is 2.18. The summed E-state index contributed by atoms with van der Waals surface area (Å²) in [7, 11) is 0. The van der Waals surface area contributed by atoms with Crippen molar-refractivity contribution in [2.75, 3.05) is 19.4 Å². The first-order chi connectivity index (χ1) is 10.5. The first-order valence-electron chi connectivity index (χ1n) is 6.72. The minimum atomic E-state index is -0.689. The Morgan fingerprint density at radius 3 is 2.77 bits per heavy atom. The molecule has 1 aromatic heterocycles. The van der Waals surface area contributed by atoms with Gasteiger partial charge in [0.15, 0.2) is 6.61 Å². The smallest absolute Gasteiger partial charge is 0.341 e. The Kier molecular flexibility index (Phi) is 7.38. The molecule has 7 nitrogen and oxygen atoms in total. The second kappa shape index (κ2) is 9.04. The van der Waals surface area contributed by atoms with Crippen LogP contribution in [0.25, 0.3) is 0 Å². The summed E-state index contributed by atoms with van der Waals surface area (Å²) < 4.78 is 4.94. The minimum Gasteiger partial charge on any atom is -0.452 e. The molecule has 1 atom stereocenters. The highest BCUT2D eigenvalue weighted by atomic mass is 32.2. The van der Waals surface area contributed by atoms with Crippen LogP contribution in [0.4, 0.5) is 0 Å². The Labute approximate surface area is 133 Å². The number of amides is 2. The Hall–Kier alpha value is -2.09. The number of esters is 1. The molecule has 2 N–H and O–H groups in total. The molecule has 22 heavy (non-hydrogen) atoms. The van der Waals surface area contributed by atoms with Crippen LogP contribution < -0.4 is 10.6 Å². The van der Waals surface area contributed by atoms with Crippen molar-refractivity contribution in [2.24, 2.45) is 0 Å². The molecular weight excluding hydrogens is 306 g/mol. The fourth-order valence-electron chi connectivity index (χ4n) is 1.59. The molecule has 2 amide bonds. The maximum Gasteiger partial charge on any atom is 0.341 e. The molecule has 0 bridgehead atoms. The van der Waals surface area contributed by atoms with Gasteiger partial charge in [-0.05, 0) is 32.2 Å². The van der Waals surface area contributed by atoms with Crippen LogP contribution in [0.15, 0.2) is 23.4 Å². The van der Waals surface area contributed by atoms with Crippen LogP contribution in [-0.2, 0) is 14.3 Å². The van der Waals surface area contributed by atoms with E-state index in [1.54, 1.807) is 38.4 Å². The zero-order valence-electron chi connectivity index (χ0n) is 12.7. The van der Waals surface area contributed by atoms with Crippen molar-refractivity contribution >= 4 is 29.5 Å². The van der Waals surface area contributed by atoms with E-state index in [-0.39, 0.29) is 5.91 Å². The lowest BCUT2D eigenvalue weighted by atomic mass is 10.3. The van der Waals surface area contributed by atoms with Crippen LogP contribution in [0.1, 0.15) is 24.2 Å². The van der Waals surface area contributed by atoms with Gasteiger partial charge >= 0.3 is 5.97 Å². The van der Waals surface area contributed by atoms with E-state index in [9.17, 15) is 14.4 Å². The molecule has 0 radical (unpaired) electrons. The number of pyridine rings is 1. The van der Waals surface area contributed by atoms with Crippen molar-refractivity contribution < 1.29 is 19.1 Å². The molecule has 0 saturated carbocycles. The third-order valence-electron chi connectivity index (χ3n) is 2.64. The maximum absolute atomic E-state index is 11.9. The fraction of sp³-hybridized carbons (Fsp3) is 0.429. The quantitative estimate of drug-likeness (QED) is 0.563. The number of nitrogens with zero attached hydrogens (tertiary/aromatic N) is 1. The highest BCUT2D eigenvalue weighted by molar-refractivity contribution is 7.98. The predicted molar refractivity (Wildman–Crippen MR) is 82.6 cm³/mol. The number of rotatable bonds is 7. The molecule has 0 unspecified atom stereocenters. The molecule has 0 saturated heterocycles. The Morgan fingerprint density at radius 1 is 1.41 bits per heavy atom. The molecule has 1 aromatic rings. The van der Waals surface area contributed by atoms with E-state index in [0.29, 0.717) is 17.1 Å². The summed E-state index contributed by atoms with van der Waals surface area (Å²) >= 11 is 1.31. The van der Waals surface area contributed by atoms with Crippen LogP contribution in [-0.4, -0.2) is 48.2 Å². The van der Waals surface area contributed by atoms with Crippen molar-refractivity contribution in [3.8, 4) is 0 Å². The third-order valence-corrected chi connectivity index (χ3v) is 3.35. The van der Waals surface area contributed by atoms with Crippen LogP contribution in [0, 0.1) is 0 Å². The zero-order valence-corrected chi connectivity index (χ0v) is 13.5. The number of hydrogen-bond donors (Lipinski definition) is 2. The molecule has 0 aliphatic carbocycles. The van der Waals surface area contributed by atoms with Gasteiger partial charge in [-0.2, -0.15) is 0 Å². The van der Waals surface area contributed by atoms with Crippen molar-refractivity contribution in [3.63, 3.8) is 0 Å². The summed E-state index contributed by atoms with van der Waals surface area (Å²) in [5.41, 5.74) is 0.305. The van der Waals surface area contributed by atoms with Crippen LogP contribution in [0.2, 0.25) is 0 Å². The molecule has 0 spiro atoms. The van der Waals surface area contributed by atoms with Crippen molar-refractivity contribution in [1.82, 2.24) is 15.6 Å². The molecule has 1 rings (SSSR count). The van der Waals surface area contributed by atoms with Gasteiger partial charge in [-0.1, -0.05) is 0 Å². The molecule has 120 valence electrons. The van der Waals surface area contributed by atoms with E-state index >= 15 is 0 Å². The number of thioether (sulfide) groups is 1. The van der Waals surface area contributed by atoms with Gasteiger partial charge in [-0.25, -0.2) is 9.78 Å². The van der Waals surface area contributed by atoms with Crippen LogP contribution in [0.5, 0.6) is 0 Å². The van der Waals surface area contributed by atoms with E-state index in [0.717, 1.165) is 0 Å². The number of hydrogen-bond acceptors (Lipinski definition) is 6. The number of carbonyl (C=O) groups excluding carboxylic acids is 3. The molecule has 8 heteroatoms. The Balaban J connectivity index is 2.50. The summed E-state index contributed by atoms with van der Waals surface area (Å²) in [6, 6.07) is 2.51. The number of carbonyl (C=O) groups is 3. The lowest BCUT2D eigenvalue weighted by Gasteiger charge is -2.13. The number of aromatic nitrogens is 1. The lowest BCUT2D eigenvalue weighted by Crippen LogP contribution is -2.46. The third kappa shape index (κ3) is 5.36. The summed E-state index contributed by atoms with van der Waals surface area (Å²) in [4.78, 5) is 39.1. The Morgan fingerprint density at radius 2 is 2.14 bits per heavy atom. The van der Waals surface area contributed by atoms with E-state index < -0.39 is 24.5 Å². The topological polar surface area (TPSA) is 97.4 Å². The van der Waals surface area contributed by atoms with E-state index in [1.807, 2.05) is 0 Å². The normalized spacial score (nSPS) is 11.4. The van der Waals surface area contributed by atoms with Gasteiger partial charge in [-0.3, -0.25) is 9.59 Å². The SMILES string of the molecule is CCNC(=O)[C@H](C)NC(=O)COC(=O)c1cccnc1SC. The second-order valence-corrected chi connectivity index (χ2v) is 5.12. The van der Waals surface area contributed by atoms with Crippen LogP contribution >= 0.6 is 11.8 Å². The minimum absolute atomic E-state index is 0.292.